The van der Waals surface area contributed by atoms with Gasteiger partial charge in [0.15, 0.2) is 0 Å². The first kappa shape index (κ1) is 19.2. The molecular formula is C25H20FN3O2. The van der Waals surface area contributed by atoms with Crippen LogP contribution in [0.25, 0.3) is 27.8 Å². The molecule has 1 N–H and O–H groups in total. The van der Waals surface area contributed by atoms with Crippen molar-refractivity contribution in [2.75, 3.05) is 0 Å². The molecule has 154 valence electrons. The third kappa shape index (κ3) is 3.11. The van der Waals surface area contributed by atoms with Crippen molar-refractivity contribution in [1.82, 2.24) is 9.55 Å². The normalized spacial score (nSPS) is 12.6. The monoisotopic (exact) mass is 413 g/mol. The second kappa shape index (κ2) is 7.16. The number of fused-ring (bicyclic) bond motifs is 2. The predicted octanol–water partition coefficient (Wildman–Crippen LogP) is 5.59. The highest BCUT2D eigenvalue weighted by Gasteiger charge is 2.25. The van der Waals surface area contributed by atoms with Crippen LogP contribution >= 0.6 is 0 Å². The molecule has 0 fully saturated rings. The summed E-state index contributed by atoms with van der Waals surface area (Å²) < 4.78 is 15.8. The molecule has 5 nitrogen and oxygen atoms in total. The highest BCUT2D eigenvalue weighted by molar-refractivity contribution is 6.03. The third-order valence-corrected chi connectivity index (χ3v) is 5.61. The van der Waals surface area contributed by atoms with Gasteiger partial charge in [0.25, 0.3) is 0 Å². The standard InChI is InChI=1S/C25H20FN3O2/c1-14(2)24-23(20-4-3-5-21(28-20)25(30)31)19-10-15-12-27-13-16(15)11-22(19)29(24)18-8-6-17(26)7-9-18/h3-11,13-14H,12H2,1-2H3,(H,30,31). The van der Waals surface area contributed by atoms with Gasteiger partial charge in [-0.25, -0.2) is 14.2 Å². The Kier molecular flexibility index (Phi) is 4.43. The summed E-state index contributed by atoms with van der Waals surface area (Å²) in [5.74, 6) is -1.26. The van der Waals surface area contributed by atoms with E-state index in [-0.39, 0.29) is 17.4 Å². The first-order valence-corrected chi connectivity index (χ1v) is 10.1. The smallest absolute Gasteiger partial charge is 0.354 e. The lowest BCUT2D eigenvalue weighted by atomic mass is 9.98. The quantitative estimate of drug-likeness (QED) is 0.474. The first-order chi connectivity index (χ1) is 14.9. The number of aliphatic imine (C=N–C) groups is 1. The zero-order valence-electron chi connectivity index (χ0n) is 17.1. The largest absolute Gasteiger partial charge is 0.477 e. The lowest BCUT2D eigenvalue weighted by Crippen LogP contribution is -2.05. The Morgan fingerprint density at radius 3 is 2.61 bits per heavy atom. The number of nitrogens with zero attached hydrogens (tertiary/aromatic N) is 3. The van der Waals surface area contributed by atoms with Crippen molar-refractivity contribution in [3.05, 3.63) is 82.9 Å². The van der Waals surface area contributed by atoms with Crippen LogP contribution in [-0.4, -0.2) is 26.8 Å². The maximum Gasteiger partial charge on any atom is 0.354 e. The molecule has 5 rings (SSSR count). The first-order valence-electron chi connectivity index (χ1n) is 10.1. The second-order valence-corrected chi connectivity index (χ2v) is 7.98. The molecule has 0 spiro atoms. The Hall–Kier alpha value is -3.80. The molecule has 0 atom stereocenters. The number of hydrogen-bond donors (Lipinski definition) is 1. The Morgan fingerprint density at radius 2 is 1.90 bits per heavy atom. The molecule has 0 radical (unpaired) electrons. The molecule has 0 aliphatic carbocycles. The van der Waals surface area contributed by atoms with E-state index in [0.717, 1.165) is 39.0 Å². The maximum absolute atomic E-state index is 13.7. The molecule has 0 saturated carbocycles. The Labute approximate surface area is 178 Å². The molecule has 0 unspecified atom stereocenters. The Morgan fingerprint density at radius 1 is 1.13 bits per heavy atom. The van der Waals surface area contributed by atoms with Gasteiger partial charge < -0.3 is 9.67 Å². The van der Waals surface area contributed by atoms with Crippen LogP contribution in [0, 0.1) is 5.82 Å². The van der Waals surface area contributed by atoms with Gasteiger partial charge >= 0.3 is 5.97 Å². The molecular weight excluding hydrogens is 393 g/mol. The minimum absolute atomic E-state index is 0.000573. The van der Waals surface area contributed by atoms with Gasteiger partial charge in [-0.05, 0) is 65.6 Å². The molecule has 0 saturated heterocycles. The van der Waals surface area contributed by atoms with E-state index in [0.29, 0.717) is 12.2 Å². The van der Waals surface area contributed by atoms with Gasteiger partial charge in [-0.2, -0.15) is 0 Å². The van der Waals surface area contributed by atoms with Crippen molar-refractivity contribution < 1.29 is 14.3 Å². The van der Waals surface area contributed by atoms with E-state index in [1.54, 1.807) is 18.2 Å². The topological polar surface area (TPSA) is 67.5 Å². The lowest BCUT2D eigenvalue weighted by molar-refractivity contribution is 0.0690. The van der Waals surface area contributed by atoms with Crippen molar-refractivity contribution >= 4 is 23.1 Å². The van der Waals surface area contributed by atoms with E-state index in [1.165, 1.54) is 18.2 Å². The summed E-state index contributed by atoms with van der Waals surface area (Å²) in [6, 6.07) is 15.7. The summed E-state index contributed by atoms with van der Waals surface area (Å²) in [7, 11) is 0. The molecule has 0 amide bonds. The number of pyridine rings is 1. The number of halogens is 1. The van der Waals surface area contributed by atoms with Gasteiger partial charge in [-0.1, -0.05) is 19.9 Å². The van der Waals surface area contributed by atoms with E-state index >= 15 is 0 Å². The predicted molar refractivity (Wildman–Crippen MR) is 119 cm³/mol. The lowest BCUT2D eigenvalue weighted by Gasteiger charge is -2.15. The number of benzene rings is 2. The van der Waals surface area contributed by atoms with Crippen LogP contribution in [-0.2, 0) is 6.54 Å². The molecule has 3 heterocycles. The fraction of sp³-hybridized carbons (Fsp3) is 0.160. The Balaban J connectivity index is 1.91. The summed E-state index contributed by atoms with van der Waals surface area (Å²) >= 11 is 0. The summed E-state index contributed by atoms with van der Waals surface area (Å²) in [5, 5.41) is 10.4. The number of hydrogen-bond acceptors (Lipinski definition) is 3. The van der Waals surface area contributed by atoms with Crippen molar-refractivity contribution in [3.8, 4) is 16.9 Å². The molecule has 1 aliphatic rings. The van der Waals surface area contributed by atoms with E-state index in [2.05, 4.69) is 40.5 Å². The van der Waals surface area contributed by atoms with E-state index in [4.69, 9.17) is 0 Å². The Bertz CT molecular complexity index is 1370. The fourth-order valence-electron chi connectivity index (χ4n) is 4.29. The van der Waals surface area contributed by atoms with Gasteiger partial charge in [0, 0.05) is 28.5 Å². The molecule has 2 aromatic carbocycles. The highest BCUT2D eigenvalue weighted by atomic mass is 19.1. The van der Waals surface area contributed by atoms with Crippen molar-refractivity contribution in [1.29, 1.82) is 0 Å². The minimum Gasteiger partial charge on any atom is -0.477 e. The van der Waals surface area contributed by atoms with E-state index < -0.39 is 5.97 Å². The van der Waals surface area contributed by atoms with Crippen LogP contribution in [0.5, 0.6) is 0 Å². The minimum atomic E-state index is -1.07. The van der Waals surface area contributed by atoms with Gasteiger partial charge in [0.1, 0.15) is 11.5 Å². The molecule has 2 aromatic heterocycles. The SMILES string of the molecule is CC(C)c1c(-c2cccc(C(=O)O)n2)c2cc3c(cc2n1-c1ccc(F)cc1)C=NC3. The average Bonchev–Trinajstić information content (AvgIpc) is 3.34. The highest BCUT2D eigenvalue weighted by Crippen LogP contribution is 2.41. The summed E-state index contributed by atoms with van der Waals surface area (Å²) in [5.41, 5.74) is 6.47. The van der Waals surface area contributed by atoms with Crippen molar-refractivity contribution in [2.24, 2.45) is 4.99 Å². The molecule has 0 bridgehead atoms. The van der Waals surface area contributed by atoms with Gasteiger partial charge in [-0.15, -0.1) is 0 Å². The number of rotatable bonds is 4. The molecule has 6 heteroatoms. The van der Waals surface area contributed by atoms with Crippen molar-refractivity contribution in [2.45, 2.75) is 26.3 Å². The molecule has 1 aliphatic heterocycles. The fourth-order valence-corrected chi connectivity index (χ4v) is 4.29. The van der Waals surface area contributed by atoms with Crippen LogP contribution in [0.15, 0.2) is 59.6 Å². The zero-order chi connectivity index (χ0) is 21.7. The van der Waals surface area contributed by atoms with Crippen LogP contribution in [0.2, 0.25) is 0 Å². The van der Waals surface area contributed by atoms with Gasteiger partial charge in [-0.3, -0.25) is 4.99 Å². The van der Waals surface area contributed by atoms with Crippen LogP contribution in [0.1, 0.15) is 47.1 Å². The summed E-state index contributed by atoms with van der Waals surface area (Å²) in [4.78, 5) is 20.4. The van der Waals surface area contributed by atoms with Gasteiger partial charge in [0.2, 0.25) is 0 Å². The second-order valence-electron chi connectivity index (χ2n) is 7.98. The van der Waals surface area contributed by atoms with E-state index in [9.17, 15) is 14.3 Å². The summed E-state index contributed by atoms with van der Waals surface area (Å²) in [6.45, 7) is 4.80. The number of carboxylic acids is 1. The third-order valence-electron chi connectivity index (χ3n) is 5.61. The van der Waals surface area contributed by atoms with Gasteiger partial charge in [0.05, 0.1) is 17.8 Å². The van der Waals surface area contributed by atoms with Crippen LogP contribution in [0.3, 0.4) is 0 Å². The molecule has 4 aromatic rings. The average molecular weight is 413 g/mol. The molecule has 31 heavy (non-hydrogen) atoms. The number of aromatic carboxylic acids is 1. The van der Waals surface area contributed by atoms with Crippen LogP contribution in [0.4, 0.5) is 4.39 Å². The number of carbonyl (C=O) groups is 1. The number of aromatic nitrogens is 2. The summed E-state index contributed by atoms with van der Waals surface area (Å²) in [6.07, 6.45) is 1.87. The maximum atomic E-state index is 13.7. The zero-order valence-corrected chi connectivity index (χ0v) is 17.1. The van der Waals surface area contributed by atoms with Crippen LogP contribution < -0.4 is 0 Å². The van der Waals surface area contributed by atoms with E-state index in [1.807, 2.05) is 12.3 Å². The van der Waals surface area contributed by atoms with Crippen molar-refractivity contribution in [3.63, 3.8) is 0 Å². The number of carboxylic acid groups (broad SMARTS) is 1.